The topological polar surface area (TPSA) is 59.0 Å². The summed E-state index contributed by atoms with van der Waals surface area (Å²) in [7, 11) is 0. The van der Waals surface area contributed by atoms with Gasteiger partial charge in [-0.05, 0) is 19.8 Å². The summed E-state index contributed by atoms with van der Waals surface area (Å²) in [6, 6.07) is 2.07. The normalized spacial score (nSPS) is 17.9. The fourth-order valence-electron chi connectivity index (χ4n) is 0.639. The molecule has 3 nitrogen and oxygen atoms in total. The summed E-state index contributed by atoms with van der Waals surface area (Å²) < 4.78 is 5.31. The van der Waals surface area contributed by atoms with Crippen molar-refractivity contribution in [2.24, 2.45) is 5.73 Å². The Balaban J connectivity index is 3.75. The van der Waals surface area contributed by atoms with E-state index in [0.717, 1.165) is 12.8 Å². The Hall–Kier alpha value is -0.590. The Kier molecular flexibility index (Phi) is 4.87. The number of ether oxygens (including phenoxy) is 1. The SMILES string of the molecule is CCC(C#N)OCC(C)(N)CC. The summed E-state index contributed by atoms with van der Waals surface area (Å²) in [4.78, 5) is 0. The summed E-state index contributed by atoms with van der Waals surface area (Å²) in [6.07, 6.45) is 1.27. The Labute approximate surface area is 74.5 Å². The zero-order valence-electron chi connectivity index (χ0n) is 8.13. The lowest BCUT2D eigenvalue weighted by Gasteiger charge is -2.23. The average molecular weight is 170 g/mol. The number of hydrogen-bond acceptors (Lipinski definition) is 3. The molecule has 12 heavy (non-hydrogen) atoms. The highest BCUT2D eigenvalue weighted by atomic mass is 16.5. The minimum Gasteiger partial charge on any atom is -0.361 e. The molecule has 2 unspecified atom stereocenters. The minimum absolute atomic E-state index is 0.301. The Bertz CT molecular complexity index is 160. The van der Waals surface area contributed by atoms with Crippen LogP contribution in [0.5, 0.6) is 0 Å². The van der Waals surface area contributed by atoms with Crippen molar-refractivity contribution in [2.45, 2.75) is 45.3 Å². The molecule has 0 rings (SSSR count). The predicted octanol–water partition coefficient (Wildman–Crippen LogP) is 1.43. The van der Waals surface area contributed by atoms with Gasteiger partial charge >= 0.3 is 0 Å². The van der Waals surface area contributed by atoms with Gasteiger partial charge in [-0.3, -0.25) is 0 Å². The van der Waals surface area contributed by atoms with Crippen LogP contribution < -0.4 is 5.73 Å². The molecule has 70 valence electrons. The summed E-state index contributed by atoms with van der Waals surface area (Å²) in [5.41, 5.74) is 5.54. The van der Waals surface area contributed by atoms with Crippen LogP contribution in [0.25, 0.3) is 0 Å². The van der Waals surface area contributed by atoms with Crippen molar-refractivity contribution in [3.8, 4) is 6.07 Å². The van der Waals surface area contributed by atoms with Gasteiger partial charge in [-0.15, -0.1) is 0 Å². The maximum absolute atomic E-state index is 8.58. The fraction of sp³-hybridized carbons (Fsp3) is 0.889. The molecule has 0 saturated heterocycles. The van der Waals surface area contributed by atoms with Gasteiger partial charge < -0.3 is 10.5 Å². The van der Waals surface area contributed by atoms with Gasteiger partial charge in [0.05, 0.1) is 12.7 Å². The molecule has 0 bridgehead atoms. The zero-order valence-corrected chi connectivity index (χ0v) is 8.13. The number of nitrogens with zero attached hydrogens (tertiary/aromatic N) is 1. The van der Waals surface area contributed by atoms with E-state index >= 15 is 0 Å². The average Bonchev–Trinajstić information content (AvgIpc) is 2.06. The Morgan fingerprint density at radius 2 is 2.17 bits per heavy atom. The molecule has 0 heterocycles. The Morgan fingerprint density at radius 1 is 1.58 bits per heavy atom. The van der Waals surface area contributed by atoms with Gasteiger partial charge in [0.15, 0.2) is 0 Å². The highest BCUT2D eigenvalue weighted by molar-refractivity contribution is 4.85. The molecule has 2 N–H and O–H groups in total. The van der Waals surface area contributed by atoms with Crippen LogP contribution in [0.15, 0.2) is 0 Å². The number of rotatable bonds is 5. The van der Waals surface area contributed by atoms with Gasteiger partial charge in [0.25, 0.3) is 0 Å². The van der Waals surface area contributed by atoms with E-state index in [1.54, 1.807) is 0 Å². The van der Waals surface area contributed by atoms with E-state index in [9.17, 15) is 0 Å². The number of nitrogens with two attached hydrogens (primary N) is 1. The van der Waals surface area contributed by atoms with Gasteiger partial charge in [0, 0.05) is 5.54 Å². The van der Waals surface area contributed by atoms with Crippen LogP contribution in [-0.2, 0) is 4.74 Å². The first-order chi connectivity index (χ1) is 5.55. The van der Waals surface area contributed by atoms with Crippen molar-refractivity contribution in [1.82, 2.24) is 0 Å². The van der Waals surface area contributed by atoms with Crippen molar-refractivity contribution in [3.63, 3.8) is 0 Å². The molecule has 0 aliphatic heterocycles. The largest absolute Gasteiger partial charge is 0.361 e. The molecule has 0 aromatic rings. The molecule has 0 amide bonds. The highest BCUT2D eigenvalue weighted by Gasteiger charge is 2.17. The van der Waals surface area contributed by atoms with Crippen LogP contribution in [0.2, 0.25) is 0 Å². The molecule has 0 aromatic heterocycles. The van der Waals surface area contributed by atoms with Crippen LogP contribution >= 0.6 is 0 Å². The quantitative estimate of drug-likeness (QED) is 0.679. The molecule has 2 atom stereocenters. The number of hydrogen-bond donors (Lipinski definition) is 1. The molecule has 0 aliphatic rings. The van der Waals surface area contributed by atoms with E-state index in [2.05, 4.69) is 6.07 Å². The molecule has 0 saturated carbocycles. The zero-order chi connectivity index (χ0) is 9.61. The van der Waals surface area contributed by atoms with E-state index in [1.165, 1.54) is 0 Å². The lowest BCUT2D eigenvalue weighted by atomic mass is 10.0. The second-order valence-corrected chi connectivity index (χ2v) is 3.34. The molecule has 0 spiro atoms. The van der Waals surface area contributed by atoms with Crippen molar-refractivity contribution in [3.05, 3.63) is 0 Å². The molecular weight excluding hydrogens is 152 g/mol. The van der Waals surface area contributed by atoms with Crippen LogP contribution in [0.3, 0.4) is 0 Å². The van der Waals surface area contributed by atoms with E-state index in [-0.39, 0.29) is 11.6 Å². The smallest absolute Gasteiger partial charge is 0.143 e. The predicted molar refractivity (Wildman–Crippen MR) is 48.5 cm³/mol. The van der Waals surface area contributed by atoms with Gasteiger partial charge in [-0.2, -0.15) is 5.26 Å². The third kappa shape index (κ3) is 4.32. The molecule has 0 aromatic carbocycles. The van der Waals surface area contributed by atoms with Gasteiger partial charge in [0.2, 0.25) is 0 Å². The summed E-state index contributed by atoms with van der Waals surface area (Å²) >= 11 is 0. The first-order valence-electron chi connectivity index (χ1n) is 4.35. The van der Waals surface area contributed by atoms with Crippen molar-refractivity contribution < 1.29 is 4.74 Å². The monoisotopic (exact) mass is 170 g/mol. The van der Waals surface area contributed by atoms with Gasteiger partial charge in [-0.1, -0.05) is 13.8 Å². The summed E-state index contributed by atoms with van der Waals surface area (Å²) in [6.45, 7) is 6.32. The molecule has 0 aliphatic carbocycles. The van der Waals surface area contributed by atoms with Crippen LogP contribution in [0, 0.1) is 11.3 Å². The standard InChI is InChI=1S/C9H18N2O/c1-4-8(6-10)12-7-9(3,11)5-2/h8H,4-5,7,11H2,1-3H3. The maximum atomic E-state index is 8.58. The third-order valence-electron chi connectivity index (χ3n) is 1.94. The summed E-state index contributed by atoms with van der Waals surface area (Å²) in [5.74, 6) is 0. The first-order valence-corrected chi connectivity index (χ1v) is 4.35. The molecule has 0 radical (unpaired) electrons. The van der Waals surface area contributed by atoms with Crippen molar-refractivity contribution in [2.75, 3.05) is 6.61 Å². The van der Waals surface area contributed by atoms with Crippen LogP contribution in [-0.4, -0.2) is 18.2 Å². The fourth-order valence-corrected chi connectivity index (χ4v) is 0.639. The lowest BCUT2D eigenvalue weighted by molar-refractivity contribution is 0.0515. The van der Waals surface area contributed by atoms with Gasteiger partial charge in [0.1, 0.15) is 6.10 Å². The highest BCUT2D eigenvalue weighted by Crippen LogP contribution is 2.07. The van der Waals surface area contributed by atoms with E-state index in [0.29, 0.717) is 6.61 Å². The second-order valence-electron chi connectivity index (χ2n) is 3.34. The third-order valence-corrected chi connectivity index (χ3v) is 1.94. The second kappa shape index (κ2) is 5.13. The summed E-state index contributed by atoms with van der Waals surface area (Å²) in [5, 5.41) is 8.58. The van der Waals surface area contributed by atoms with Crippen molar-refractivity contribution in [1.29, 1.82) is 5.26 Å². The van der Waals surface area contributed by atoms with E-state index in [4.69, 9.17) is 15.7 Å². The van der Waals surface area contributed by atoms with Gasteiger partial charge in [-0.25, -0.2) is 0 Å². The van der Waals surface area contributed by atoms with Crippen LogP contribution in [0.4, 0.5) is 0 Å². The number of nitriles is 1. The molecule has 0 fully saturated rings. The van der Waals surface area contributed by atoms with E-state index in [1.807, 2.05) is 20.8 Å². The minimum atomic E-state index is -0.306. The van der Waals surface area contributed by atoms with Crippen LogP contribution in [0.1, 0.15) is 33.6 Å². The maximum Gasteiger partial charge on any atom is 0.143 e. The van der Waals surface area contributed by atoms with E-state index < -0.39 is 0 Å². The lowest BCUT2D eigenvalue weighted by Crippen LogP contribution is -2.41. The molecular formula is C9H18N2O. The molecule has 3 heteroatoms. The first kappa shape index (κ1) is 11.4. The van der Waals surface area contributed by atoms with Crippen molar-refractivity contribution >= 4 is 0 Å². The Morgan fingerprint density at radius 3 is 2.50 bits per heavy atom.